The zero-order valence-electron chi connectivity index (χ0n) is 24.2. The number of halogens is 1. The summed E-state index contributed by atoms with van der Waals surface area (Å²) in [6, 6.07) is 24.0. The molecule has 2 N–H and O–H groups in total. The molecule has 4 aromatic rings. The Bertz CT molecular complexity index is 1630. The van der Waals surface area contributed by atoms with Crippen molar-refractivity contribution < 1.29 is 22.7 Å². The SMILES string of the molecule is CCCCCCC(=O)COCC(=O)Cc1ccc(Cc2cc(-c3ccc(Br)cc3)n(-c3ccc(S(N)(=O)=O)cc3)n2)cc1. The van der Waals surface area contributed by atoms with Gasteiger partial charge in [0.15, 0.2) is 11.6 Å². The molecule has 43 heavy (non-hydrogen) atoms. The molecule has 226 valence electrons. The van der Waals surface area contributed by atoms with Crippen molar-refractivity contribution >= 4 is 37.5 Å². The molecular weight excluding hydrogens is 630 g/mol. The lowest BCUT2D eigenvalue weighted by Gasteiger charge is -2.08. The van der Waals surface area contributed by atoms with Crippen LogP contribution in [0, 0.1) is 0 Å². The van der Waals surface area contributed by atoms with Crippen LogP contribution in [0.4, 0.5) is 0 Å². The van der Waals surface area contributed by atoms with Crippen LogP contribution >= 0.6 is 15.9 Å². The lowest BCUT2D eigenvalue weighted by atomic mass is 10.0. The maximum atomic E-state index is 12.4. The molecule has 0 aliphatic rings. The number of ketones is 2. The normalized spacial score (nSPS) is 11.5. The Labute approximate surface area is 261 Å². The molecular formula is C33H36BrN3O5S. The molecule has 0 spiro atoms. The van der Waals surface area contributed by atoms with Gasteiger partial charge in [0.25, 0.3) is 0 Å². The summed E-state index contributed by atoms with van der Waals surface area (Å²) in [5, 5.41) is 10.1. The summed E-state index contributed by atoms with van der Waals surface area (Å²) in [7, 11) is -3.81. The first-order chi connectivity index (χ1) is 20.6. The number of carbonyl (C=O) groups excluding carboxylic acids is 2. The van der Waals surface area contributed by atoms with Crippen molar-refractivity contribution in [2.75, 3.05) is 13.2 Å². The maximum absolute atomic E-state index is 12.4. The van der Waals surface area contributed by atoms with E-state index in [2.05, 4.69) is 22.9 Å². The minimum Gasteiger partial charge on any atom is -0.366 e. The summed E-state index contributed by atoms with van der Waals surface area (Å²) < 4.78 is 31.5. The molecule has 10 heteroatoms. The number of carbonyl (C=O) groups is 2. The van der Waals surface area contributed by atoms with Gasteiger partial charge < -0.3 is 4.74 Å². The molecule has 0 amide bonds. The average Bonchev–Trinajstić information content (AvgIpc) is 3.40. The third-order valence-corrected chi connectivity index (χ3v) is 8.41. The minimum absolute atomic E-state index is 0.0119. The van der Waals surface area contributed by atoms with Gasteiger partial charge >= 0.3 is 0 Å². The Morgan fingerprint density at radius 2 is 1.51 bits per heavy atom. The first kappa shape index (κ1) is 32.5. The Kier molecular flexibility index (Phi) is 11.6. The second-order valence-corrected chi connectivity index (χ2v) is 13.0. The molecule has 0 aliphatic heterocycles. The number of sulfonamides is 1. The highest BCUT2D eigenvalue weighted by Gasteiger charge is 2.15. The van der Waals surface area contributed by atoms with Gasteiger partial charge in [0.05, 0.1) is 22.0 Å². The highest BCUT2D eigenvalue weighted by molar-refractivity contribution is 9.10. The van der Waals surface area contributed by atoms with Crippen LogP contribution in [0.15, 0.2) is 88.2 Å². The van der Waals surface area contributed by atoms with Crippen LogP contribution < -0.4 is 5.14 Å². The van der Waals surface area contributed by atoms with Crippen molar-refractivity contribution in [3.05, 3.63) is 100 Å². The monoisotopic (exact) mass is 665 g/mol. The summed E-state index contributed by atoms with van der Waals surface area (Å²) >= 11 is 3.48. The summed E-state index contributed by atoms with van der Waals surface area (Å²) in [6.45, 7) is 2.05. The topological polar surface area (TPSA) is 121 Å². The third kappa shape index (κ3) is 9.79. The number of nitrogens with zero attached hydrogens (tertiary/aromatic N) is 2. The van der Waals surface area contributed by atoms with E-state index in [0.29, 0.717) is 18.5 Å². The molecule has 1 heterocycles. The van der Waals surface area contributed by atoms with Crippen molar-refractivity contribution in [2.24, 2.45) is 5.14 Å². The number of hydrogen-bond donors (Lipinski definition) is 1. The van der Waals surface area contributed by atoms with Crippen LogP contribution in [0.2, 0.25) is 0 Å². The molecule has 0 atom stereocenters. The van der Waals surface area contributed by atoms with Crippen molar-refractivity contribution in [1.82, 2.24) is 9.78 Å². The second-order valence-electron chi connectivity index (χ2n) is 10.5. The van der Waals surface area contributed by atoms with E-state index in [0.717, 1.165) is 58.2 Å². The Morgan fingerprint density at radius 3 is 2.16 bits per heavy atom. The molecule has 0 unspecified atom stereocenters. The number of primary sulfonamides is 1. The van der Waals surface area contributed by atoms with E-state index in [1.807, 2.05) is 54.6 Å². The first-order valence-corrected chi connectivity index (χ1v) is 16.6. The fourth-order valence-electron chi connectivity index (χ4n) is 4.68. The third-order valence-electron chi connectivity index (χ3n) is 6.95. The number of unbranched alkanes of at least 4 members (excludes halogenated alkanes) is 3. The summed E-state index contributed by atoms with van der Waals surface area (Å²) in [5.74, 6) is -0.0302. The number of benzene rings is 3. The van der Waals surface area contributed by atoms with Crippen molar-refractivity contribution in [1.29, 1.82) is 0 Å². The van der Waals surface area contributed by atoms with Gasteiger partial charge in [0, 0.05) is 29.3 Å². The van der Waals surface area contributed by atoms with E-state index in [4.69, 9.17) is 15.0 Å². The van der Waals surface area contributed by atoms with Gasteiger partial charge in [-0.2, -0.15) is 5.10 Å². The predicted molar refractivity (Wildman–Crippen MR) is 171 cm³/mol. The van der Waals surface area contributed by atoms with Crippen LogP contribution in [0.3, 0.4) is 0 Å². The zero-order chi connectivity index (χ0) is 30.8. The quantitative estimate of drug-likeness (QED) is 0.142. The van der Waals surface area contributed by atoms with E-state index >= 15 is 0 Å². The molecule has 1 aromatic heterocycles. The lowest BCUT2D eigenvalue weighted by molar-refractivity contribution is -0.128. The van der Waals surface area contributed by atoms with E-state index in [1.165, 1.54) is 12.1 Å². The van der Waals surface area contributed by atoms with Crippen molar-refractivity contribution in [2.45, 2.75) is 56.8 Å². The predicted octanol–water partition coefficient (Wildman–Crippen LogP) is 6.21. The smallest absolute Gasteiger partial charge is 0.238 e. The largest absolute Gasteiger partial charge is 0.366 e. The van der Waals surface area contributed by atoms with Gasteiger partial charge in [-0.3, -0.25) is 9.59 Å². The Morgan fingerprint density at radius 1 is 0.860 bits per heavy atom. The summed E-state index contributed by atoms with van der Waals surface area (Å²) in [4.78, 5) is 24.3. The molecule has 4 rings (SSSR count). The van der Waals surface area contributed by atoms with Gasteiger partial charge in [0.1, 0.15) is 13.2 Å². The van der Waals surface area contributed by atoms with E-state index in [9.17, 15) is 18.0 Å². The molecule has 0 bridgehead atoms. The van der Waals surface area contributed by atoms with Crippen molar-refractivity contribution in [3.63, 3.8) is 0 Å². The van der Waals surface area contributed by atoms with Crippen LogP contribution in [0.5, 0.6) is 0 Å². The van der Waals surface area contributed by atoms with Gasteiger partial charge in [-0.1, -0.05) is 78.5 Å². The number of rotatable bonds is 16. The molecule has 0 radical (unpaired) electrons. The fraction of sp³-hybridized carbons (Fsp3) is 0.303. The number of aromatic nitrogens is 2. The average molecular weight is 667 g/mol. The molecule has 0 aliphatic carbocycles. The number of Topliss-reactive ketones (excluding diaryl/α,β-unsaturated/α-hetero) is 2. The molecule has 0 saturated heterocycles. The molecule has 0 fully saturated rings. The number of ether oxygens (including phenoxy) is 1. The van der Waals surface area contributed by atoms with Crippen LogP contribution in [-0.4, -0.2) is 43.0 Å². The standard InChI is InChI=1S/C33H36BrN3O5S/c1-2-3-4-5-6-30(38)22-42-23-31(39)20-25-9-7-24(8-10-25)19-28-21-33(26-11-13-27(34)14-12-26)37(36-28)29-15-17-32(18-16-29)43(35,40)41/h7-18,21H,2-6,19-20,22-23H2,1H3,(H2,35,40,41). The Hall–Kier alpha value is -3.44. The van der Waals surface area contributed by atoms with Gasteiger partial charge in [-0.15, -0.1) is 0 Å². The van der Waals surface area contributed by atoms with Crippen molar-refractivity contribution in [3.8, 4) is 16.9 Å². The summed E-state index contributed by atoms with van der Waals surface area (Å²) in [6.07, 6.45) is 5.47. The minimum atomic E-state index is -3.81. The molecule has 8 nitrogen and oxygen atoms in total. The highest BCUT2D eigenvalue weighted by atomic mass is 79.9. The highest BCUT2D eigenvalue weighted by Crippen LogP contribution is 2.27. The van der Waals surface area contributed by atoms with E-state index < -0.39 is 10.0 Å². The van der Waals surface area contributed by atoms with E-state index in [-0.39, 0.29) is 36.1 Å². The Balaban J connectivity index is 1.40. The fourth-order valence-corrected chi connectivity index (χ4v) is 5.46. The van der Waals surface area contributed by atoms with Gasteiger partial charge in [-0.25, -0.2) is 18.2 Å². The summed E-state index contributed by atoms with van der Waals surface area (Å²) in [5.41, 5.74) is 5.23. The van der Waals surface area contributed by atoms with Crippen LogP contribution in [0.25, 0.3) is 16.9 Å². The molecule has 0 saturated carbocycles. The number of nitrogens with two attached hydrogens (primary N) is 1. The van der Waals surface area contributed by atoms with Gasteiger partial charge in [-0.05, 0) is 60.0 Å². The van der Waals surface area contributed by atoms with Crippen LogP contribution in [0.1, 0.15) is 55.8 Å². The second kappa shape index (κ2) is 15.3. The zero-order valence-corrected chi connectivity index (χ0v) is 26.6. The van der Waals surface area contributed by atoms with Crippen LogP contribution in [-0.2, 0) is 37.2 Å². The lowest BCUT2D eigenvalue weighted by Crippen LogP contribution is -2.16. The first-order valence-electron chi connectivity index (χ1n) is 14.3. The van der Waals surface area contributed by atoms with Gasteiger partial charge in [0.2, 0.25) is 10.0 Å². The molecule has 3 aromatic carbocycles. The maximum Gasteiger partial charge on any atom is 0.238 e. The van der Waals surface area contributed by atoms with E-state index in [1.54, 1.807) is 16.8 Å². The number of hydrogen-bond acceptors (Lipinski definition) is 6.